The molecule has 1 aliphatic heterocycles. The van der Waals surface area contributed by atoms with E-state index in [0.717, 1.165) is 39.0 Å². The second-order valence-electron chi connectivity index (χ2n) is 6.01. The van der Waals surface area contributed by atoms with Crippen molar-refractivity contribution in [2.75, 3.05) is 26.7 Å². The molecule has 0 bridgehead atoms. The molecule has 124 valence electrons. The fraction of sp³-hybridized carbons (Fsp3) is 0.421. The Morgan fingerprint density at radius 1 is 1.30 bits per heavy atom. The molecule has 1 fully saturated rings. The van der Waals surface area contributed by atoms with Crippen molar-refractivity contribution in [3.05, 3.63) is 60.3 Å². The Morgan fingerprint density at radius 3 is 2.61 bits per heavy atom. The van der Waals surface area contributed by atoms with E-state index < -0.39 is 0 Å². The fourth-order valence-corrected chi connectivity index (χ4v) is 2.90. The zero-order valence-electron chi connectivity index (χ0n) is 13.9. The van der Waals surface area contributed by atoms with Gasteiger partial charge in [0.25, 0.3) is 5.91 Å². The Bertz CT molecular complexity index is 531. The fourth-order valence-electron chi connectivity index (χ4n) is 2.90. The van der Waals surface area contributed by atoms with E-state index in [1.807, 2.05) is 0 Å². The summed E-state index contributed by atoms with van der Waals surface area (Å²) in [5.74, 6) is 0.507. The highest BCUT2D eigenvalue weighted by Gasteiger charge is 2.20. The van der Waals surface area contributed by atoms with Crippen LogP contribution in [0.15, 0.2) is 54.8 Å². The molecule has 0 atom stereocenters. The lowest BCUT2D eigenvalue weighted by Crippen LogP contribution is -2.38. The van der Waals surface area contributed by atoms with Gasteiger partial charge in [-0.1, -0.05) is 43.0 Å². The van der Waals surface area contributed by atoms with Crippen LogP contribution in [0.1, 0.15) is 18.4 Å². The van der Waals surface area contributed by atoms with E-state index in [1.165, 1.54) is 5.56 Å². The first-order chi connectivity index (χ1) is 11.2. The molecule has 2 N–H and O–H groups in total. The molecular weight excluding hydrogens is 286 g/mol. The lowest BCUT2D eigenvalue weighted by atomic mass is 9.96. The minimum Gasteiger partial charge on any atom is -0.393 e. The SMILES string of the molecule is C=C/C(=C\NC)C(=O)NCC1CCN(Cc2ccccc2)CC1. The molecule has 0 aliphatic carbocycles. The molecule has 1 aromatic carbocycles. The van der Waals surface area contributed by atoms with Crippen LogP contribution in [0.25, 0.3) is 0 Å². The largest absolute Gasteiger partial charge is 0.393 e. The third kappa shape index (κ3) is 5.57. The summed E-state index contributed by atoms with van der Waals surface area (Å²) >= 11 is 0. The van der Waals surface area contributed by atoms with Crippen LogP contribution in [-0.4, -0.2) is 37.5 Å². The summed E-state index contributed by atoms with van der Waals surface area (Å²) in [7, 11) is 1.78. The van der Waals surface area contributed by atoms with Gasteiger partial charge in [-0.05, 0) is 37.4 Å². The first-order valence-corrected chi connectivity index (χ1v) is 8.27. The van der Waals surface area contributed by atoms with Gasteiger partial charge in [-0.3, -0.25) is 9.69 Å². The zero-order valence-corrected chi connectivity index (χ0v) is 13.9. The van der Waals surface area contributed by atoms with Gasteiger partial charge in [0, 0.05) is 26.3 Å². The lowest BCUT2D eigenvalue weighted by Gasteiger charge is -2.32. The number of piperidine rings is 1. The molecule has 1 aliphatic rings. The molecule has 0 aromatic heterocycles. The first-order valence-electron chi connectivity index (χ1n) is 8.27. The zero-order chi connectivity index (χ0) is 16.5. The van der Waals surface area contributed by atoms with Crippen molar-refractivity contribution < 1.29 is 4.79 Å². The molecular formula is C19H27N3O. The van der Waals surface area contributed by atoms with Crippen molar-refractivity contribution in [1.29, 1.82) is 0 Å². The van der Waals surface area contributed by atoms with Gasteiger partial charge in [0.15, 0.2) is 0 Å². The molecule has 1 aromatic rings. The quantitative estimate of drug-likeness (QED) is 0.600. The average Bonchev–Trinajstić information content (AvgIpc) is 2.59. The number of benzene rings is 1. The van der Waals surface area contributed by atoms with Crippen molar-refractivity contribution in [1.82, 2.24) is 15.5 Å². The number of hydrogen-bond acceptors (Lipinski definition) is 3. The Hall–Kier alpha value is -2.07. The predicted molar refractivity (Wildman–Crippen MR) is 94.8 cm³/mol. The van der Waals surface area contributed by atoms with E-state index in [4.69, 9.17) is 0 Å². The minimum absolute atomic E-state index is 0.0546. The van der Waals surface area contributed by atoms with Crippen molar-refractivity contribution in [2.45, 2.75) is 19.4 Å². The van der Waals surface area contributed by atoms with Crippen LogP contribution in [0.3, 0.4) is 0 Å². The maximum Gasteiger partial charge on any atom is 0.252 e. The van der Waals surface area contributed by atoms with Gasteiger partial charge in [0.2, 0.25) is 0 Å². The number of hydrogen-bond donors (Lipinski definition) is 2. The number of nitrogens with zero attached hydrogens (tertiary/aromatic N) is 1. The summed E-state index contributed by atoms with van der Waals surface area (Å²) in [6, 6.07) is 10.6. The van der Waals surface area contributed by atoms with Crippen molar-refractivity contribution >= 4 is 5.91 Å². The second kappa shape index (κ2) is 9.16. The molecule has 1 amide bonds. The third-order valence-corrected chi connectivity index (χ3v) is 4.29. The highest BCUT2D eigenvalue weighted by atomic mass is 16.1. The number of carbonyl (C=O) groups excluding carboxylic acids is 1. The van der Waals surface area contributed by atoms with E-state index in [1.54, 1.807) is 19.3 Å². The summed E-state index contributed by atoms with van der Waals surface area (Å²) in [6.07, 6.45) is 5.51. The van der Waals surface area contributed by atoms with Crippen molar-refractivity contribution in [3.63, 3.8) is 0 Å². The van der Waals surface area contributed by atoms with Gasteiger partial charge >= 0.3 is 0 Å². The number of likely N-dealkylation sites (tertiary alicyclic amines) is 1. The van der Waals surface area contributed by atoms with E-state index in [-0.39, 0.29) is 5.91 Å². The molecule has 2 rings (SSSR count). The molecule has 4 heteroatoms. The van der Waals surface area contributed by atoms with E-state index in [0.29, 0.717) is 11.5 Å². The van der Waals surface area contributed by atoms with Crippen LogP contribution >= 0.6 is 0 Å². The summed E-state index contributed by atoms with van der Waals surface area (Å²) in [5, 5.41) is 5.88. The Kier molecular flexibility index (Phi) is 6.88. The molecule has 1 heterocycles. The van der Waals surface area contributed by atoms with Crippen LogP contribution in [-0.2, 0) is 11.3 Å². The van der Waals surface area contributed by atoms with Gasteiger partial charge < -0.3 is 10.6 Å². The van der Waals surface area contributed by atoms with E-state index in [2.05, 4.69) is 52.4 Å². The smallest absolute Gasteiger partial charge is 0.252 e. The summed E-state index contributed by atoms with van der Waals surface area (Å²) < 4.78 is 0. The lowest BCUT2D eigenvalue weighted by molar-refractivity contribution is -0.117. The monoisotopic (exact) mass is 313 g/mol. The number of nitrogens with one attached hydrogen (secondary N) is 2. The molecule has 0 radical (unpaired) electrons. The maximum absolute atomic E-state index is 12.0. The van der Waals surface area contributed by atoms with Crippen LogP contribution < -0.4 is 10.6 Å². The highest BCUT2D eigenvalue weighted by molar-refractivity contribution is 5.95. The van der Waals surface area contributed by atoms with Crippen LogP contribution in [0.4, 0.5) is 0 Å². The standard InChI is InChI=1S/C19H27N3O/c1-3-18(14-20-2)19(23)21-13-16-9-11-22(12-10-16)15-17-7-5-4-6-8-17/h3-8,14,16,20H,1,9-13,15H2,2H3,(H,21,23)/b18-14+. The minimum atomic E-state index is -0.0546. The van der Waals surface area contributed by atoms with Crippen LogP contribution in [0.5, 0.6) is 0 Å². The Labute approximate surface area is 139 Å². The van der Waals surface area contributed by atoms with Gasteiger partial charge in [-0.25, -0.2) is 0 Å². The summed E-state index contributed by atoms with van der Waals surface area (Å²) in [4.78, 5) is 14.5. The van der Waals surface area contributed by atoms with Crippen LogP contribution in [0.2, 0.25) is 0 Å². The molecule has 23 heavy (non-hydrogen) atoms. The first kappa shape index (κ1) is 17.3. The highest BCUT2D eigenvalue weighted by Crippen LogP contribution is 2.18. The van der Waals surface area contributed by atoms with Gasteiger partial charge in [-0.2, -0.15) is 0 Å². The van der Waals surface area contributed by atoms with Crippen molar-refractivity contribution in [3.8, 4) is 0 Å². The summed E-state index contributed by atoms with van der Waals surface area (Å²) in [5.41, 5.74) is 1.95. The van der Waals surface area contributed by atoms with E-state index >= 15 is 0 Å². The van der Waals surface area contributed by atoms with Gasteiger partial charge in [0.05, 0.1) is 5.57 Å². The second-order valence-corrected chi connectivity index (χ2v) is 6.01. The maximum atomic E-state index is 12.0. The topological polar surface area (TPSA) is 44.4 Å². The number of carbonyl (C=O) groups is 1. The molecule has 1 saturated heterocycles. The predicted octanol–water partition coefficient (Wildman–Crippen LogP) is 2.30. The Balaban J connectivity index is 1.71. The third-order valence-electron chi connectivity index (χ3n) is 4.29. The Morgan fingerprint density at radius 2 is 2.00 bits per heavy atom. The summed E-state index contributed by atoms with van der Waals surface area (Å²) in [6.45, 7) is 7.62. The number of amides is 1. The average molecular weight is 313 g/mol. The molecule has 0 unspecified atom stereocenters. The normalized spacial score (nSPS) is 16.8. The molecule has 4 nitrogen and oxygen atoms in total. The van der Waals surface area contributed by atoms with Gasteiger partial charge in [0.1, 0.15) is 0 Å². The van der Waals surface area contributed by atoms with E-state index in [9.17, 15) is 4.79 Å². The molecule has 0 saturated carbocycles. The number of rotatable bonds is 7. The van der Waals surface area contributed by atoms with Crippen molar-refractivity contribution in [2.24, 2.45) is 5.92 Å². The van der Waals surface area contributed by atoms with Gasteiger partial charge in [-0.15, -0.1) is 0 Å². The van der Waals surface area contributed by atoms with Crippen LogP contribution in [0, 0.1) is 5.92 Å². The molecule has 0 spiro atoms.